The van der Waals surface area contributed by atoms with E-state index in [0.29, 0.717) is 29.5 Å². The van der Waals surface area contributed by atoms with Crippen LogP contribution in [0.3, 0.4) is 0 Å². The highest BCUT2D eigenvalue weighted by molar-refractivity contribution is 7.98. The minimum atomic E-state index is -0.220. The van der Waals surface area contributed by atoms with Crippen LogP contribution < -0.4 is 20.1 Å². The number of methoxy groups -OCH3 is 1. The number of aromatic nitrogens is 3. The quantitative estimate of drug-likeness (QED) is 0.337. The van der Waals surface area contributed by atoms with Gasteiger partial charge in [-0.25, -0.2) is 0 Å². The van der Waals surface area contributed by atoms with E-state index in [0.717, 1.165) is 30.4 Å². The number of carbonyl (C=O) groups excluding carboxylic acids is 2. The van der Waals surface area contributed by atoms with Crippen molar-refractivity contribution in [2.75, 3.05) is 26.5 Å². The molecule has 0 atom stereocenters. The Morgan fingerprint density at radius 3 is 2.55 bits per heavy atom. The molecule has 0 aliphatic carbocycles. The molecule has 2 aromatic rings. The Labute approximate surface area is 200 Å². The molecule has 33 heavy (non-hydrogen) atoms. The van der Waals surface area contributed by atoms with E-state index in [1.807, 2.05) is 20.1 Å². The van der Waals surface area contributed by atoms with Crippen molar-refractivity contribution in [3.8, 4) is 11.5 Å². The maximum atomic E-state index is 12.6. The second kappa shape index (κ2) is 13.1. The number of ether oxygens (including phenoxy) is 2. The van der Waals surface area contributed by atoms with Gasteiger partial charge in [-0.2, -0.15) is 0 Å². The summed E-state index contributed by atoms with van der Waals surface area (Å²) in [5, 5.41) is 15.2. The van der Waals surface area contributed by atoms with Gasteiger partial charge in [0.05, 0.1) is 7.11 Å². The highest BCUT2D eigenvalue weighted by Gasteiger charge is 2.14. The summed E-state index contributed by atoms with van der Waals surface area (Å²) in [6, 6.07) is 4.93. The normalized spacial score (nSPS) is 11.0. The van der Waals surface area contributed by atoms with Gasteiger partial charge in [-0.1, -0.05) is 25.6 Å². The summed E-state index contributed by atoms with van der Waals surface area (Å²) in [6.45, 7) is 9.35. The van der Waals surface area contributed by atoms with Gasteiger partial charge in [-0.15, -0.1) is 10.2 Å². The summed E-state index contributed by atoms with van der Waals surface area (Å²) in [5.41, 5.74) is 0.457. The Hall–Kier alpha value is -2.75. The van der Waals surface area contributed by atoms with Crippen LogP contribution in [0.4, 0.5) is 0 Å². The van der Waals surface area contributed by atoms with E-state index in [1.165, 1.54) is 7.11 Å². The number of hydrogen-bond donors (Lipinski definition) is 2. The van der Waals surface area contributed by atoms with Gasteiger partial charge >= 0.3 is 0 Å². The SMILES string of the molecule is COc1cc(C(=O)NCCCc2nnc(SC)n2CC(C)C)ccc1OCC(=O)NC(C)C. The smallest absolute Gasteiger partial charge is 0.258 e. The number of carbonyl (C=O) groups is 2. The molecule has 0 saturated carbocycles. The fraction of sp³-hybridized carbons (Fsp3) is 0.565. The van der Waals surface area contributed by atoms with Crippen molar-refractivity contribution in [2.45, 2.75) is 58.3 Å². The van der Waals surface area contributed by atoms with Gasteiger partial charge in [0, 0.05) is 31.1 Å². The van der Waals surface area contributed by atoms with E-state index in [2.05, 4.69) is 39.2 Å². The summed E-state index contributed by atoms with van der Waals surface area (Å²) < 4.78 is 13.0. The average molecular weight is 478 g/mol. The van der Waals surface area contributed by atoms with Crippen molar-refractivity contribution in [1.29, 1.82) is 0 Å². The average Bonchev–Trinajstić information content (AvgIpc) is 3.15. The maximum Gasteiger partial charge on any atom is 0.258 e. The molecule has 0 unspecified atom stereocenters. The van der Waals surface area contributed by atoms with Gasteiger partial charge in [0.2, 0.25) is 0 Å². The zero-order chi connectivity index (χ0) is 24.4. The Morgan fingerprint density at radius 2 is 1.91 bits per heavy atom. The number of amides is 2. The molecule has 10 heteroatoms. The maximum absolute atomic E-state index is 12.6. The number of thioether (sulfide) groups is 1. The third-order valence-corrected chi connectivity index (χ3v) is 5.29. The predicted octanol–water partition coefficient (Wildman–Crippen LogP) is 2.93. The first-order chi connectivity index (χ1) is 15.7. The van der Waals surface area contributed by atoms with Crippen molar-refractivity contribution in [2.24, 2.45) is 5.92 Å². The van der Waals surface area contributed by atoms with E-state index in [4.69, 9.17) is 9.47 Å². The van der Waals surface area contributed by atoms with Crippen LogP contribution in [-0.4, -0.2) is 59.1 Å². The Morgan fingerprint density at radius 1 is 1.15 bits per heavy atom. The fourth-order valence-corrected chi connectivity index (χ4v) is 3.71. The molecule has 9 nitrogen and oxygen atoms in total. The molecule has 0 bridgehead atoms. The fourth-order valence-electron chi connectivity index (χ4n) is 3.19. The van der Waals surface area contributed by atoms with Gasteiger partial charge in [-0.3, -0.25) is 9.59 Å². The molecule has 1 aromatic heterocycles. The molecule has 2 N–H and O–H groups in total. The Bertz CT molecular complexity index is 930. The predicted molar refractivity (Wildman–Crippen MR) is 129 cm³/mol. The lowest BCUT2D eigenvalue weighted by Crippen LogP contribution is -2.34. The minimum Gasteiger partial charge on any atom is -0.493 e. The molecule has 0 aliphatic heterocycles. The number of rotatable bonds is 13. The third kappa shape index (κ3) is 8.27. The van der Waals surface area contributed by atoms with Crippen LogP contribution >= 0.6 is 11.8 Å². The molecule has 0 aliphatic rings. The molecule has 0 radical (unpaired) electrons. The van der Waals surface area contributed by atoms with Crippen LogP contribution in [0.1, 0.15) is 50.3 Å². The van der Waals surface area contributed by atoms with Gasteiger partial charge in [-0.05, 0) is 50.6 Å². The molecule has 182 valence electrons. The first-order valence-electron chi connectivity index (χ1n) is 11.1. The van der Waals surface area contributed by atoms with E-state index in [1.54, 1.807) is 30.0 Å². The number of nitrogens with one attached hydrogen (secondary N) is 2. The largest absolute Gasteiger partial charge is 0.493 e. The lowest BCUT2D eigenvalue weighted by Gasteiger charge is -2.13. The molecular formula is C23H35N5O4S. The van der Waals surface area contributed by atoms with Crippen molar-refractivity contribution in [3.05, 3.63) is 29.6 Å². The van der Waals surface area contributed by atoms with Crippen molar-refractivity contribution in [3.63, 3.8) is 0 Å². The summed E-state index contributed by atoms with van der Waals surface area (Å²) in [4.78, 5) is 24.4. The Kier molecular flexibility index (Phi) is 10.5. The lowest BCUT2D eigenvalue weighted by molar-refractivity contribution is -0.123. The number of hydrogen-bond acceptors (Lipinski definition) is 7. The van der Waals surface area contributed by atoms with Crippen LogP contribution in [0.15, 0.2) is 23.4 Å². The van der Waals surface area contributed by atoms with E-state index in [-0.39, 0.29) is 24.5 Å². The highest BCUT2D eigenvalue weighted by Crippen LogP contribution is 2.28. The lowest BCUT2D eigenvalue weighted by atomic mass is 10.2. The summed E-state index contributed by atoms with van der Waals surface area (Å²) in [6.07, 6.45) is 3.48. The zero-order valence-corrected chi connectivity index (χ0v) is 21.1. The van der Waals surface area contributed by atoms with Crippen molar-refractivity contribution >= 4 is 23.6 Å². The van der Waals surface area contributed by atoms with Gasteiger partial charge in [0.1, 0.15) is 5.82 Å². The van der Waals surface area contributed by atoms with Crippen LogP contribution in [0.5, 0.6) is 11.5 Å². The van der Waals surface area contributed by atoms with E-state index < -0.39 is 0 Å². The monoisotopic (exact) mass is 477 g/mol. The van der Waals surface area contributed by atoms with E-state index in [9.17, 15) is 9.59 Å². The Balaban J connectivity index is 1.89. The molecule has 2 rings (SSSR count). The van der Waals surface area contributed by atoms with Gasteiger partial charge in [0.25, 0.3) is 11.8 Å². The molecule has 1 heterocycles. The molecular weight excluding hydrogens is 442 g/mol. The summed E-state index contributed by atoms with van der Waals surface area (Å²) in [5.74, 6) is 1.81. The molecule has 0 spiro atoms. The first kappa shape index (κ1) is 26.5. The number of aryl methyl sites for hydroxylation is 1. The molecule has 0 saturated heterocycles. The summed E-state index contributed by atoms with van der Waals surface area (Å²) >= 11 is 1.59. The van der Waals surface area contributed by atoms with E-state index >= 15 is 0 Å². The molecule has 0 fully saturated rings. The topological polar surface area (TPSA) is 107 Å². The van der Waals surface area contributed by atoms with Crippen molar-refractivity contribution < 1.29 is 19.1 Å². The van der Waals surface area contributed by atoms with Crippen LogP contribution in [-0.2, 0) is 17.8 Å². The highest BCUT2D eigenvalue weighted by atomic mass is 32.2. The number of nitrogens with zero attached hydrogens (tertiary/aromatic N) is 3. The minimum absolute atomic E-state index is 0.0354. The summed E-state index contributed by atoms with van der Waals surface area (Å²) in [7, 11) is 1.49. The zero-order valence-electron chi connectivity index (χ0n) is 20.3. The first-order valence-corrected chi connectivity index (χ1v) is 12.3. The van der Waals surface area contributed by atoms with Crippen LogP contribution in [0.25, 0.3) is 0 Å². The number of benzene rings is 1. The standard InChI is InChI=1S/C23H35N5O4S/c1-15(2)13-28-20(26-27-23(28)33-6)8-7-11-24-22(30)17-9-10-18(19(12-17)31-5)32-14-21(29)25-16(3)4/h9-10,12,15-16H,7-8,11,13-14H2,1-6H3,(H,24,30)(H,25,29). The van der Waals surface area contributed by atoms with Crippen molar-refractivity contribution in [1.82, 2.24) is 25.4 Å². The van der Waals surface area contributed by atoms with Crippen LogP contribution in [0, 0.1) is 5.92 Å². The second-order valence-electron chi connectivity index (χ2n) is 8.34. The molecule has 1 aromatic carbocycles. The van der Waals surface area contributed by atoms with Gasteiger partial charge in [0.15, 0.2) is 23.3 Å². The van der Waals surface area contributed by atoms with Gasteiger partial charge < -0.3 is 24.7 Å². The second-order valence-corrected chi connectivity index (χ2v) is 9.12. The van der Waals surface area contributed by atoms with Crippen LogP contribution in [0.2, 0.25) is 0 Å². The third-order valence-electron chi connectivity index (χ3n) is 4.62. The molecule has 2 amide bonds.